The van der Waals surface area contributed by atoms with Crippen LogP contribution in [0.1, 0.15) is 37.6 Å². The van der Waals surface area contributed by atoms with E-state index in [1.54, 1.807) is 12.1 Å². The van der Waals surface area contributed by atoms with Crippen LogP contribution in [0.25, 0.3) is 0 Å². The highest BCUT2D eigenvalue weighted by Crippen LogP contribution is 2.15. The number of aliphatic hydroxyl groups is 1. The number of rotatable bonds is 7. The van der Waals surface area contributed by atoms with Gasteiger partial charge in [0.1, 0.15) is 0 Å². The largest absolute Gasteiger partial charge is 0.395 e. The lowest BCUT2D eigenvalue weighted by molar-refractivity contribution is 0.0945. The van der Waals surface area contributed by atoms with Crippen LogP contribution in [0.3, 0.4) is 0 Å². The molecule has 0 heterocycles. The minimum Gasteiger partial charge on any atom is -0.395 e. The molecule has 3 N–H and O–H groups in total. The highest BCUT2D eigenvalue weighted by molar-refractivity contribution is 5.94. The molecule has 1 aromatic carbocycles. The quantitative estimate of drug-likeness (QED) is 0.708. The standard InChI is InChI=1S/C15H24N2O2/c1-4-11(2)12(3)17-14-7-5-13(6-8-14)15(19)16-9-10-18/h5-8,11-12,17-18H,4,9-10H2,1-3H3,(H,16,19). The number of hydrogen-bond donors (Lipinski definition) is 3. The topological polar surface area (TPSA) is 61.4 Å². The molecule has 1 rings (SSSR count). The van der Waals surface area contributed by atoms with Crippen molar-refractivity contribution in [3.8, 4) is 0 Å². The molecule has 1 amide bonds. The maximum atomic E-state index is 11.6. The second kappa shape index (κ2) is 7.79. The Morgan fingerprint density at radius 3 is 2.42 bits per heavy atom. The Morgan fingerprint density at radius 2 is 1.89 bits per heavy atom. The zero-order chi connectivity index (χ0) is 14.3. The predicted molar refractivity (Wildman–Crippen MR) is 78.4 cm³/mol. The van der Waals surface area contributed by atoms with Gasteiger partial charge in [-0.25, -0.2) is 0 Å². The third-order valence-electron chi connectivity index (χ3n) is 3.44. The van der Waals surface area contributed by atoms with Crippen molar-refractivity contribution in [3.05, 3.63) is 29.8 Å². The number of carbonyl (C=O) groups excluding carboxylic acids is 1. The summed E-state index contributed by atoms with van der Waals surface area (Å²) in [6.07, 6.45) is 1.13. The molecule has 4 nitrogen and oxygen atoms in total. The molecular weight excluding hydrogens is 240 g/mol. The Labute approximate surface area is 115 Å². The van der Waals surface area contributed by atoms with Gasteiger partial charge in [0, 0.05) is 23.8 Å². The lowest BCUT2D eigenvalue weighted by Crippen LogP contribution is -2.26. The Balaban J connectivity index is 2.58. The number of amides is 1. The van der Waals surface area contributed by atoms with Gasteiger partial charge >= 0.3 is 0 Å². The Hall–Kier alpha value is -1.55. The Kier molecular flexibility index (Phi) is 6.36. The monoisotopic (exact) mass is 264 g/mol. The van der Waals surface area contributed by atoms with E-state index in [1.807, 2.05) is 12.1 Å². The average molecular weight is 264 g/mol. The molecule has 0 aliphatic carbocycles. The third-order valence-corrected chi connectivity index (χ3v) is 3.44. The van der Waals surface area contributed by atoms with E-state index in [0.29, 0.717) is 17.5 Å². The molecule has 0 aromatic heterocycles. The first kappa shape index (κ1) is 15.5. The number of anilines is 1. The van der Waals surface area contributed by atoms with Crippen molar-refractivity contribution in [2.75, 3.05) is 18.5 Å². The van der Waals surface area contributed by atoms with Crippen molar-refractivity contribution in [1.29, 1.82) is 0 Å². The number of carbonyl (C=O) groups is 1. The number of nitrogens with one attached hydrogen (secondary N) is 2. The summed E-state index contributed by atoms with van der Waals surface area (Å²) in [4.78, 5) is 11.6. The van der Waals surface area contributed by atoms with Gasteiger partial charge in [0.05, 0.1) is 6.61 Å². The van der Waals surface area contributed by atoms with Gasteiger partial charge in [-0.1, -0.05) is 20.3 Å². The molecule has 1 aromatic rings. The van der Waals surface area contributed by atoms with E-state index in [0.717, 1.165) is 12.1 Å². The van der Waals surface area contributed by atoms with Crippen LogP contribution < -0.4 is 10.6 Å². The van der Waals surface area contributed by atoms with Crippen molar-refractivity contribution in [3.63, 3.8) is 0 Å². The van der Waals surface area contributed by atoms with Crippen LogP contribution in [0, 0.1) is 5.92 Å². The molecule has 19 heavy (non-hydrogen) atoms. The molecule has 0 saturated carbocycles. The molecular formula is C15H24N2O2. The first-order valence-corrected chi connectivity index (χ1v) is 6.84. The van der Waals surface area contributed by atoms with Crippen molar-refractivity contribution >= 4 is 11.6 Å². The summed E-state index contributed by atoms with van der Waals surface area (Å²) in [6.45, 7) is 6.80. The van der Waals surface area contributed by atoms with E-state index in [1.165, 1.54) is 0 Å². The normalized spacial score (nSPS) is 13.7. The van der Waals surface area contributed by atoms with E-state index in [2.05, 4.69) is 31.4 Å². The molecule has 4 heteroatoms. The van der Waals surface area contributed by atoms with Gasteiger partial charge in [-0.3, -0.25) is 4.79 Å². The van der Waals surface area contributed by atoms with Crippen molar-refractivity contribution in [2.45, 2.75) is 33.2 Å². The summed E-state index contributed by atoms with van der Waals surface area (Å²) in [7, 11) is 0. The van der Waals surface area contributed by atoms with E-state index < -0.39 is 0 Å². The van der Waals surface area contributed by atoms with E-state index in [4.69, 9.17) is 5.11 Å². The lowest BCUT2D eigenvalue weighted by Gasteiger charge is -2.21. The maximum absolute atomic E-state index is 11.6. The Bertz CT molecular complexity index is 390. The summed E-state index contributed by atoms with van der Waals surface area (Å²) in [5.41, 5.74) is 1.63. The SMILES string of the molecule is CCC(C)C(C)Nc1ccc(C(=O)NCCO)cc1. The van der Waals surface area contributed by atoms with Crippen LogP contribution in [-0.4, -0.2) is 30.2 Å². The molecule has 2 atom stereocenters. The molecule has 0 bridgehead atoms. The van der Waals surface area contributed by atoms with Gasteiger partial charge in [-0.15, -0.1) is 0 Å². The fourth-order valence-electron chi connectivity index (χ4n) is 1.75. The molecule has 2 unspecified atom stereocenters. The van der Waals surface area contributed by atoms with Crippen LogP contribution in [0.5, 0.6) is 0 Å². The summed E-state index contributed by atoms with van der Waals surface area (Å²) in [5.74, 6) is 0.447. The zero-order valence-electron chi connectivity index (χ0n) is 11.9. The third kappa shape index (κ3) is 4.91. The van der Waals surface area contributed by atoms with Gasteiger partial charge < -0.3 is 15.7 Å². The van der Waals surface area contributed by atoms with Gasteiger partial charge in [-0.05, 0) is 37.1 Å². The first-order valence-electron chi connectivity index (χ1n) is 6.84. The van der Waals surface area contributed by atoms with Crippen LogP contribution in [-0.2, 0) is 0 Å². The molecule has 0 fully saturated rings. The maximum Gasteiger partial charge on any atom is 0.251 e. The molecule has 0 spiro atoms. The van der Waals surface area contributed by atoms with E-state index in [-0.39, 0.29) is 19.1 Å². The van der Waals surface area contributed by atoms with Gasteiger partial charge in [-0.2, -0.15) is 0 Å². The molecule has 0 radical (unpaired) electrons. The number of aliphatic hydroxyl groups excluding tert-OH is 1. The fraction of sp³-hybridized carbons (Fsp3) is 0.533. The second-order valence-electron chi connectivity index (χ2n) is 4.88. The zero-order valence-corrected chi connectivity index (χ0v) is 11.9. The van der Waals surface area contributed by atoms with Crippen LogP contribution in [0.2, 0.25) is 0 Å². The summed E-state index contributed by atoms with van der Waals surface area (Å²) in [5, 5.41) is 14.7. The molecule has 0 aliphatic rings. The van der Waals surface area contributed by atoms with Crippen LogP contribution in [0.15, 0.2) is 24.3 Å². The highest BCUT2D eigenvalue weighted by atomic mass is 16.3. The summed E-state index contributed by atoms with van der Waals surface area (Å²) >= 11 is 0. The minimum absolute atomic E-state index is 0.0438. The van der Waals surface area contributed by atoms with Crippen molar-refractivity contribution < 1.29 is 9.90 Å². The van der Waals surface area contributed by atoms with Gasteiger partial charge in [0.15, 0.2) is 0 Å². The lowest BCUT2D eigenvalue weighted by atomic mass is 10.0. The summed E-state index contributed by atoms with van der Waals surface area (Å²) < 4.78 is 0. The predicted octanol–water partition coefficient (Wildman–Crippen LogP) is 2.26. The highest BCUT2D eigenvalue weighted by Gasteiger charge is 2.10. The van der Waals surface area contributed by atoms with Gasteiger partial charge in [0.2, 0.25) is 0 Å². The number of hydrogen-bond acceptors (Lipinski definition) is 3. The van der Waals surface area contributed by atoms with Crippen molar-refractivity contribution in [1.82, 2.24) is 5.32 Å². The van der Waals surface area contributed by atoms with Crippen molar-refractivity contribution in [2.24, 2.45) is 5.92 Å². The summed E-state index contributed by atoms with van der Waals surface area (Å²) in [6, 6.07) is 7.80. The van der Waals surface area contributed by atoms with Crippen LogP contribution in [0.4, 0.5) is 5.69 Å². The molecule has 0 aliphatic heterocycles. The number of benzene rings is 1. The second-order valence-corrected chi connectivity index (χ2v) is 4.88. The van der Waals surface area contributed by atoms with E-state index in [9.17, 15) is 4.79 Å². The fourth-order valence-corrected chi connectivity index (χ4v) is 1.75. The molecule has 0 saturated heterocycles. The minimum atomic E-state index is -0.157. The average Bonchev–Trinajstić information content (AvgIpc) is 2.44. The van der Waals surface area contributed by atoms with E-state index >= 15 is 0 Å². The first-order chi connectivity index (χ1) is 9.08. The Morgan fingerprint density at radius 1 is 1.26 bits per heavy atom. The molecule has 106 valence electrons. The smallest absolute Gasteiger partial charge is 0.251 e. The van der Waals surface area contributed by atoms with Crippen LogP contribution >= 0.6 is 0 Å². The van der Waals surface area contributed by atoms with Gasteiger partial charge in [0.25, 0.3) is 5.91 Å².